The van der Waals surface area contributed by atoms with Crippen LogP contribution in [0.1, 0.15) is 56.1 Å². The number of aromatic amines is 1. The molecule has 4 heterocycles. The number of hydrogen-bond donors (Lipinski definition) is 3. The number of pyridine rings is 1. The molecular weight excluding hydrogens is 888 g/mol. The van der Waals surface area contributed by atoms with Gasteiger partial charge in [0.05, 0.1) is 48.8 Å². The van der Waals surface area contributed by atoms with E-state index in [2.05, 4.69) is 31.9 Å². The van der Waals surface area contributed by atoms with Crippen molar-refractivity contribution >= 4 is 46.2 Å². The van der Waals surface area contributed by atoms with Crippen LogP contribution in [0.4, 0.5) is 14.9 Å². The molecule has 0 saturated carbocycles. The van der Waals surface area contributed by atoms with Crippen molar-refractivity contribution in [3.05, 3.63) is 159 Å². The number of fused-ring (bicyclic) bond motifs is 1. The Kier molecular flexibility index (Phi) is 15.4. The Labute approximate surface area is 396 Å². The zero-order chi connectivity index (χ0) is 48.3. The molecule has 356 valence electrons. The van der Waals surface area contributed by atoms with Crippen LogP contribution in [0.5, 0.6) is 0 Å². The number of hydrogen-bond acceptors (Lipinski definition) is 11. The predicted molar refractivity (Wildman–Crippen MR) is 253 cm³/mol. The van der Waals surface area contributed by atoms with Crippen molar-refractivity contribution in [1.29, 1.82) is 0 Å². The van der Waals surface area contributed by atoms with E-state index in [0.717, 1.165) is 22.3 Å². The third-order valence-electron chi connectivity index (χ3n) is 11.9. The summed E-state index contributed by atoms with van der Waals surface area (Å²) in [4.78, 5) is 87.1. The van der Waals surface area contributed by atoms with E-state index >= 15 is 4.39 Å². The number of nitrogens with zero attached hydrogens (tertiary/aromatic N) is 5. The predicted octanol–water partition coefficient (Wildman–Crippen LogP) is 5.16. The van der Waals surface area contributed by atoms with Crippen LogP contribution in [-0.2, 0) is 36.8 Å². The molecule has 8 rings (SSSR count). The van der Waals surface area contributed by atoms with Crippen LogP contribution in [0.3, 0.4) is 0 Å². The fraction of sp³-hybridized carbons (Fsp3) is 0.294. The maximum atomic E-state index is 15.2. The lowest BCUT2D eigenvalue weighted by Gasteiger charge is -2.36. The minimum Gasteiger partial charge on any atom is -0.445 e. The molecule has 0 spiro atoms. The zero-order valence-electron chi connectivity index (χ0n) is 38.0. The van der Waals surface area contributed by atoms with E-state index in [0.29, 0.717) is 41.2 Å². The molecule has 17 nitrogen and oxygen atoms in total. The van der Waals surface area contributed by atoms with E-state index in [9.17, 15) is 28.8 Å². The van der Waals surface area contributed by atoms with E-state index < -0.39 is 23.7 Å². The summed E-state index contributed by atoms with van der Waals surface area (Å²) in [6, 6.07) is 30.1. The van der Waals surface area contributed by atoms with Crippen molar-refractivity contribution in [2.24, 2.45) is 0 Å². The number of carbonyl (C=O) groups excluding carboxylic acids is 5. The number of benzene rings is 4. The minimum absolute atomic E-state index is 0.00112. The number of piperazine rings is 1. The van der Waals surface area contributed by atoms with Crippen LogP contribution in [0.25, 0.3) is 21.9 Å². The molecular formula is C51H51FN8O9. The van der Waals surface area contributed by atoms with Crippen molar-refractivity contribution in [2.45, 2.75) is 25.9 Å². The SMILES string of the molecule is CC(=O)Nc1cc(-c2cccc(C3COC3)c2)cnc1C(=O)NCCOCCN(CC(=O)N1CCN(C(=O)c2cc(Cc3n[nH]c(=O)c4ccccc34)ccc2F)CC1)C(=O)OCc1ccccc1. The molecule has 2 fully saturated rings. The van der Waals surface area contributed by atoms with Crippen LogP contribution in [-0.4, -0.2) is 132 Å². The third-order valence-corrected chi connectivity index (χ3v) is 11.9. The minimum atomic E-state index is -0.734. The highest BCUT2D eigenvalue weighted by Crippen LogP contribution is 2.30. The average Bonchev–Trinajstić information content (AvgIpc) is 3.34. The lowest BCUT2D eigenvalue weighted by molar-refractivity contribution is -0.133. The second-order valence-electron chi connectivity index (χ2n) is 16.7. The zero-order valence-corrected chi connectivity index (χ0v) is 38.0. The van der Waals surface area contributed by atoms with Gasteiger partial charge < -0.3 is 34.6 Å². The molecule has 69 heavy (non-hydrogen) atoms. The molecule has 2 aliphatic heterocycles. The Hall–Kier alpha value is -7.83. The first kappa shape index (κ1) is 47.7. The summed E-state index contributed by atoms with van der Waals surface area (Å²) in [5.74, 6) is -2.17. The molecule has 0 radical (unpaired) electrons. The molecule has 6 aromatic rings. The first-order valence-corrected chi connectivity index (χ1v) is 22.6. The van der Waals surface area contributed by atoms with Crippen molar-refractivity contribution in [3.8, 4) is 11.1 Å². The maximum absolute atomic E-state index is 15.2. The average molecular weight is 939 g/mol. The Morgan fingerprint density at radius 3 is 2.35 bits per heavy atom. The molecule has 0 bridgehead atoms. The van der Waals surface area contributed by atoms with E-state index in [1.807, 2.05) is 48.5 Å². The van der Waals surface area contributed by atoms with Gasteiger partial charge in [-0.25, -0.2) is 19.3 Å². The molecule has 3 N–H and O–H groups in total. The molecule has 0 aliphatic carbocycles. The quantitative estimate of drug-likeness (QED) is 0.102. The second-order valence-corrected chi connectivity index (χ2v) is 16.7. The van der Waals surface area contributed by atoms with Gasteiger partial charge in [0.25, 0.3) is 17.4 Å². The highest BCUT2D eigenvalue weighted by atomic mass is 19.1. The fourth-order valence-electron chi connectivity index (χ4n) is 8.07. The number of H-pyrrole nitrogens is 1. The molecule has 2 aromatic heterocycles. The van der Waals surface area contributed by atoms with E-state index in [1.54, 1.807) is 42.6 Å². The van der Waals surface area contributed by atoms with Crippen LogP contribution >= 0.6 is 0 Å². The summed E-state index contributed by atoms with van der Waals surface area (Å²) in [6.45, 7) is 2.98. The molecule has 0 unspecified atom stereocenters. The highest BCUT2D eigenvalue weighted by molar-refractivity contribution is 6.02. The van der Waals surface area contributed by atoms with E-state index in [-0.39, 0.29) is 106 Å². The summed E-state index contributed by atoms with van der Waals surface area (Å²) in [5.41, 5.74) is 4.55. The first-order valence-electron chi connectivity index (χ1n) is 22.6. The van der Waals surface area contributed by atoms with E-state index in [4.69, 9.17) is 14.2 Å². The summed E-state index contributed by atoms with van der Waals surface area (Å²) in [5, 5.41) is 13.3. The Balaban J connectivity index is 0.838. The molecule has 2 saturated heterocycles. The molecule has 18 heteroatoms. The number of nitrogens with one attached hydrogen (secondary N) is 3. The summed E-state index contributed by atoms with van der Waals surface area (Å²) in [7, 11) is 0. The van der Waals surface area contributed by atoms with Crippen LogP contribution in [0.15, 0.2) is 114 Å². The summed E-state index contributed by atoms with van der Waals surface area (Å²) in [6.07, 6.45) is 1.09. The lowest BCUT2D eigenvalue weighted by atomic mass is 9.94. The van der Waals surface area contributed by atoms with Gasteiger partial charge in [0.1, 0.15) is 19.0 Å². The number of carbonyl (C=O) groups is 5. The number of halogens is 1. The summed E-state index contributed by atoms with van der Waals surface area (Å²) >= 11 is 0. The van der Waals surface area contributed by atoms with Gasteiger partial charge in [-0.2, -0.15) is 5.10 Å². The van der Waals surface area contributed by atoms with Gasteiger partial charge in [-0.3, -0.25) is 28.9 Å². The smallest absolute Gasteiger partial charge is 0.410 e. The number of aromatic nitrogens is 3. The Bertz CT molecular complexity index is 2900. The van der Waals surface area contributed by atoms with Crippen LogP contribution in [0, 0.1) is 5.82 Å². The Morgan fingerprint density at radius 1 is 0.841 bits per heavy atom. The standard InChI is InChI=1S/C51H51FN8O9/c1-33(61)55-45-27-38(36-10-7-11-37(26-36)39-31-68-32-39)28-54-47(45)49(64)53-16-22-67-23-21-60(51(66)69-30-34-8-3-2-4-9-34)29-46(62)58-17-19-59(20-18-58)50(65)42-24-35(14-15-43(42)52)25-44-40-12-5-6-13-41(40)48(63)57-56-44/h2-15,24,26-28,39H,16-23,25,29-32H2,1H3,(H,53,64)(H,55,61)(H,57,63). The van der Waals surface area contributed by atoms with Crippen LogP contribution < -0.4 is 16.2 Å². The van der Waals surface area contributed by atoms with Gasteiger partial charge in [-0.1, -0.05) is 78.9 Å². The molecule has 2 aliphatic rings. The second kappa shape index (κ2) is 22.3. The highest BCUT2D eigenvalue weighted by Gasteiger charge is 2.29. The van der Waals surface area contributed by atoms with Crippen LogP contribution in [0.2, 0.25) is 0 Å². The largest absolute Gasteiger partial charge is 0.445 e. The number of ether oxygens (including phenoxy) is 3. The topological polar surface area (TPSA) is 205 Å². The number of amides is 5. The lowest BCUT2D eigenvalue weighted by Crippen LogP contribution is -2.53. The maximum Gasteiger partial charge on any atom is 0.410 e. The van der Waals surface area contributed by atoms with Gasteiger partial charge in [0.15, 0.2) is 5.69 Å². The molecule has 0 atom stereocenters. The fourth-order valence-corrected chi connectivity index (χ4v) is 8.07. The third kappa shape index (κ3) is 12.0. The van der Waals surface area contributed by atoms with Crippen molar-refractivity contribution in [3.63, 3.8) is 0 Å². The van der Waals surface area contributed by atoms with Gasteiger partial charge in [0.2, 0.25) is 11.8 Å². The summed E-state index contributed by atoms with van der Waals surface area (Å²) < 4.78 is 31.9. The van der Waals surface area contributed by atoms with Gasteiger partial charge >= 0.3 is 6.09 Å². The number of rotatable bonds is 17. The number of anilines is 1. The van der Waals surface area contributed by atoms with Gasteiger partial charge in [-0.05, 0) is 46.5 Å². The van der Waals surface area contributed by atoms with Crippen molar-refractivity contribution in [1.82, 2.24) is 35.2 Å². The monoisotopic (exact) mass is 938 g/mol. The first-order chi connectivity index (χ1) is 33.5. The van der Waals surface area contributed by atoms with Crippen molar-refractivity contribution < 1.29 is 42.6 Å². The van der Waals surface area contributed by atoms with Gasteiger partial charge in [0, 0.05) is 75.7 Å². The normalized spacial score (nSPS) is 13.7. The molecule has 4 aromatic carbocycles. The van der Waals surface area contributed by atoms with Crippen molar-refractivity contribution in [2.75, 3.05) is 77.6 Å². The Morgan fingerprint density at radius 2 is 1.59 bits per heavy atom. The van der Waals surface area contributed by atoms with E-state index in [1.165, 1.54) is 33.8 Å². The molecule has 5 amide bonds. The van der Waals surface area contributed by atoms with Gasteiger partial charge in [-0.15, -0.1) is 0 Å².